The molecule has 0 spiro atoms. The summed E-state index contributed by atoms with van der Waals surface area (Å²) in [6, 6.07) is 10.6. The highest BCUT2D eigenvalue weighted by atomic mass is 79.9. The van der Waals surface area contributed by atoms with Crippen LogP contribution in [0.15, 0.2) is 36.4 Å². The number of benzene rings is 2. The number of alkyl halides is 1. The van der Waals surface area contributed by atoms with E-state index in [1.54, 1.807) is 13.0 Å². The standard InChI is InChI=1S/C16H13BrClFO2/c1-9-6-10(11(18)7-12(9)19)16(17)15-8-20-13-4-2-3-5-14(13)21-15/h2-7,15-16H,8H2,1H3. The molecule has 1 heterocycles. The molecule has 2 nitrogen and oxygen atoms in total. The summed E-state index contributed by atoms with van der Waals surface area (Å²) in [6.07, 6.45) is -0.234. The number of hydrogen-bond acceptors (Lipinski definition) is 2. The van der Waals surface area contributed by atoms with Gasteiger partial charge in [-0.25, -0.2) is 4.39 Å². The largest absolute Gasteiger partial charge is 0.486 e. The van der Waals surface area contributed by atoms with Gasteiger partial charge in [-0.05, 0) is 36.2 Å². The van der Waals surface area contributed by atoms with Crippen molar-refractivity contribution in [3.63, 3.8) is 0 Å². The molecule has 21 heavy (non-hydrogen) atoms. The van der Waals surface area contributed by atoms with E-state index in [1.807, 2.05) is 24.3 Å². The molecule has 0 aromatic heterocycles. The summed E-state index contributed by atoms with van der Waals surface area (Å²) in [5, 5.41) is 0.377. The summed E-state index contributed by atoms with van der Waals surface area (Å²) >= 11 is 9.75. The van der Waals surface area contributed by atoms with Gasteiger partial charge in [0.15, 0.2) is 11.5 Å². The van der Waals surface area contributed by atoms with E-state index in [9.17, 15) is 4.39 Å². The van der Waals surface area contributed by atoms with Crippen LogP contribution in [0.4, 0.5) is 4.39 Å². The highest BCUT2D eigenvalue weighted by Crippen LogP contribution is 2.40. The lowest BCUT2D eigenvalue weighted by atomic mass is 10.0. The molecular formula is C16H13BrClFO2. The van der Waals surface area contributed by atoms with Crippen molar-refractivity contribution < 1.29 is 13.9 Å². The van der Waals surface area contributed by atoms with E-state index >= 15 is 0 Å². The third-order valence-corrected chi connectivity index (χ3v) is 4.84. The van der Waals surface area contributed by atoms with Crippen LogP contribution in [0.1, 0.15) is 16.0 Å². The Kier molecular flexibility index (Phi) is 4.09. The molecule has 1 aliphatic heterocycles. The molecule has 0 amide bonds. The number of halogens is 3. The Bertz CT molecular complexity index is 677. The molecule has 0 aliphatic carbocycles. The van der Waals surface area contributed by atoms with E-state index in [0.29, 0.717) is 22.9 Å². The van der Waals surface area contributed by atoms with Crippen molar-refractivity contribution in [1.82, 2.24) is 0 Å². The van der Waals surface area contributed by atoms with Crippen molar-refractivity contribution in [3.8, 4) is 11.5 Å². The predicted octanol–water partition coefficient (Wildman–Crippen LogP) is 5.06. The maximum atomic E-state index is 13.5. The Morgan fingerprint density at radius 3 is 2.76 bits per heavy atom. The Morgan fingerprint density at radius 1 is 1.29 bits per heavy atom. The van der Waals surface area contributed by atoms with Crippen LogP contribution in [0.3, 0.4) is 0 Å². The first kappa shape index (κ1) is 14.7. The second kappa shape index (κ2) is 5.85. The monoisotopic (exact) mass is 370 g/mol. The zero-order valence-corrected chi connectivity index (χ0v) is 13.6. The molecule has 0 saturated heterocycles. The molecule has 2 aromatic rings. The summed E-state index contributed by atoms with van der Waals surface area (Å²) in [4.78, 5) is -0.183. The van der Waals surface area contributed by atoms with Crippen LogP contribution in [-0.4, -0.2) is 12.7 Å². The van der Waals surface area contributed by atoms with Gasteiger partial charge in [0.1, 0.15) is 18.5 Å². The first-order chi connectivity index (χ1) is 10.1. The third kappa shape index (κ3) is 2.87. The van der Waals surface area contributed by atoms with Crippen LogP contribution in [0.5, 0.6) is 11.5 Å². The zero-order valence-electron chi connectivity index (χ0n) is 11.3. The van der Waals surface area contributed by atoms with Gasteiger partial charge in [0, 0.05) is 5.02 Å². The Hall–Kier alpha value is -1.26. The van der Waals surface area contributed by atoms with Crippen molar-refractivity contribution >= 4 is 27.5 Å². The van der Waals surface area contributed by atoms with E-state index in [0.717, 1.165) is 11.3 Å². The average Bonchev–Trinajstić information content (AvgIpc) is 2.50. The normalized spacial score (nSPS) is 18.4. The molecule has 2 aromatic carbocycles. The molecule has 3 rings (SSSR count). The fraction of sp³-hybridized carbons (Fsp3) is 0.250. The fourth-order valence-corrected chi connectivity index (χ4v) is 3.31. The lowest BCUT2D eigenvalue weighted by molar-refractivity contribution is 0.0904. The van der Waals surface area contributed by atoms with E-state index in [-0.39, 0.29) is 16.7 Å². The minimum atomic E-state index is -0.311. The summed E-state index contributed by atoms with van der Waals surface area (Å²) in [5.74, 6) is 1.12. The maximum absolute atomic E-state index is 13.5. The molecule has 1 aliphatic rings. The van der Waals surface area contributed by atoms with Crippen LogP contribution in [0.25, 0.3) is 0 Å². The van der Waals surface area contributed by atoms with E-state index < -0.39 is 0 Å². The average molecular weight is 372 g/mol. The molecule has 110 valence electrons. The number of hydrogen-bond donors (Lipinski definition) is 0. The van der Waals surface area contributed by atoms with Gasteiger partial charge in [0.2, 0.25) is 0 Å². The molecule has 0 N–H and O–H groups in total. The van der Waals surface area contributed by atoms with E-state index in [4.69, 9.17) is 21.1 Å². The second-order valence-corrected chi connectivity index (χ2v) is 6.33. The molecule has 0 bridgehead atoms. The van der Waals surface area contributed by atoms with Gasteiger partial charge < -0.3 is 9.47 Å². The molecule has 2 unspecified atom stereocenters. The minimum Gasteiger partial charge on any atom is -0.486 e. The molecule has 0 fully saturated rings. The summed E-state index contributed by atoms with van der Waals surface area (Å²) in [5.41, 5.74) is 1.35. The van der Waals surface area contributed by atoms with Gasteiger partial charge in [-0.1, -0.05) is 45.7 Å². The van der Waals surface area contributed by atoms with Crippen LogP contribution in [-0.2, 0) is 0 Å². The fourth-order valence-electron chi connectivity index (χ4n) is 2.27. The van der Waals surface area contributed by atoms with Gasteiger partial charge in [-0.2, -0.15) is 0 Å². The van der Waals surface area contributed by atoms with Crippen molar-refractivity contribution in [2.45, 2.75) is 17.9 Å². The van der Waals surface area contributed by atoms with Gasteiger partial charge in [-0.15, -0.1) is 0 Å². The zero-order chi connectivity index (χ0) is 15.0. The quantitative estimate of drug-likeness (QED) is 0.687. The van der Waals surface area contributed by atoms with Crippen LogP contribution >= 0.6 is 27.5 Å². The van der Waals surface area contributed by atoms with Crippen molar-refractivity contribution in [2.24, 2.45) is 0 Å². The first-order valence-corrected chi connectivity index (χ1v) is 7.83. The van der Waals surface area contributed by atoms with Gasteiger partial charge in [0.25, 0.3) is 0 Å². The van der Waals surface area contributed by atoms with Crippen molar-refractivity contribution in [2.75, 3.05) is 6.61 Å². The first-order valence-electron chi connectivity index (χ1n) is 6.54. The van der Waals surface area contributed by atoms with Crippen LogP contribution in [0, 0.1) is 12.7 Å². The minimum absolute atomic E-state index is 0.183. The Labute approximate surface area is 136 Å². The van der Waals surface area contributed by atoms with Crippen molar-refractivity contribution in [3.05, 3.63) is 58.4 Å². The Balaban J connectivity index is 1.87. The topological polar surface area (TPSA) is 18.5 Å². The van der Waals surface area contributed by atoms with Crippen molar-refractivity contribution in [1.29, 1.82) is 0 Å². The number of fused-ring (bicyclic) bond motifs is 1. The molecule has 5 heteroatoms. The van der Waals surface area contributed by atoms with Gasteiger partial charge in [0.05, 0.1) is 4.83 Å². The predicted molar refractivity (Wildman–Crippen MR) is 84.2 cm³/mol. The van der Waals surface area contributed by atoms with Crippen LogP contribution < -0.4 is 9.47 Å². The summed E-state index contributed by atoms with van der Waals surface area (Å²) in [6.45, 7) is 2.11. The van der Waals surface area contributed by atoms with Gasteiger partial charge >= 0.3 is 0 Å². The highest BCUT2D eigenvalue weighted by molar-refractivity contribution is 9.09. The smallest absolute Gasteiger partial charge is 0.161 e. The number of aryl methyl sites for hydroxylation is 1. The lowest BCUT2D eigenvalue weighted by Crippen LogP contribution is -2.32. The summed E-state index contributed by atoms with van der Waals surface area (Å²) < 4.78 is 25.2. The van der Waals surface area contributed by atoms with Gasteiger partial charge in [-0.3, -0.25) is 0 Å². The third-order valence-electron chi connectivity index (χ3n) is 3.43. The Morgan fingerprint density at radius 2 is 2.00 bits per heavy atom. The molecule has 2 atom stereocenters. The van der Waals surface area contributed by atoms with E-state index in [1.165, 1.54) is 6.07 Å². The maximum Gasteiger partial charge on any atom is 0.161 e. The second-order valence-electron chi connectivity index (χ2n) is 4.94. The molecule has 0 saturated carbocycles. The van der Waals surface area contributed by atoms with Crippen LogP contribution in [0.2, 0.25) is 5.02 Å². The SMILES string of the molecule is Cc1cc(C(Br)C2COc3ccccc3O2)c(Cl)cc1F. The number of para-hydroxylation sites is 2. The number of rotatable bonds is 2. The highest BCUT2D eigenvalue weighted by Gasteiger charge is 2.30. The van der Waals surface area contributed by atoms with E-state index in [2.05, 4.69) is 15.9 Å². The summed E-state index contributed by atoms with van der Waals surface area (Å²) in [7, 11) is 0. The molecule has 0 radical (unpaired) electrons. The number of ether oxygens (including phenoxy) is 2. The lowest BCUT2D eigenvalue weighted by Gasteiger charge is -2.30. The molecular weight excluding hydrogens is 359 g/mol.